The predicted molar refractivity (Wildman–Crippen MR) is 133 cm³/mol. The van der Waals surface area contributed by atoms with E-state index in [0.717, 1.165) is 21.0 Å². The number of ketones is 1. The zero-order valence-electron chi connectivity index (χ0n) is 17.8. The van der Waals surface area contributed by atoms with Gasteiger partial charge in [-0.25, -0.2) is 4.98 Å². The van der Waals surface area contributed by atoms with Gasteiger partial charge in [-0.15, -0.1) is 0 Å². The van der Waals surface area contributed by atoms with Crippen LogP contribution in [0.5, 0.6) is 0 Å². The van der Waals surface area contributed by atoms with Gasteiger partial charge in [-0.2, -0.15) is 0 Å². The number of aliphatic hydroxyl groups excluding tert-OH is 1. The van der Waals surface area contributed by atoms with Crippen molar-refractivity contribution in [3.8, 4) is 0 Å². The van der Waals surface area contributed by atoms with Crippen LogP contribution >= 0.6 is 11.3 Å². The van der Waals surface area contributed by atoms with Crippen LogP contribution in [-0.4, -0.2) is 26.8 Å². The van der Waals surface area contributed by atoms with E-state index in [2.05, 4.69) is 9.97 Å². The number of carbonyl (C=O) groups excluding carboxylic acids is 2. The van der Waals surface area contributed by atoms with Crippen molar-refractivity contribution in [3.63, 3.8) is 0 Å². The van der Waals surface area contributed by atoms with Crippen molar-refractivity contribution in [2.45, 2.75) is 6.04 Å². The largest absolute Gasteiger partial charge is 0.507 e. The summed E-state index contributed by atoms with van der Waals surface area (Å²) in [6.45, 7) is 0. The first-order valence-electron chi connectivity index (χ1n) is 10.7. The van der Waals surface area contributed by atoms with Crippen molar-refractivity contribution in [2.75, 3.05) is 4.90 Å². The molecule has 164 valence electrons. The normalized spacial score (nSPS) is 17.6. The molecule has 3 aromatic carbocycles. The number of amides is 1. The Morgan fingerprint density at radius 3 is 2.53 bits per heavy atom. The lowest BCUT2D eigenvalue weighted by Crippen LogP contribution is -2.29. The highest BCUT2D eigenvalue weighted by molar-refractivity contribution is 7.22. The molecule has 3 heterocycles. The summed E-state index contributed by atoms with van der Waals surface area (Å²) in [5.74, 6) is -1.69. The van der Waals surface area contributed by atoms with E-state index in [9.17, 15) is 14.7 Å². The second-order valence-electron chi connectivity index (χ2n) is 7.95. The van der Waals surface area contributed by atoms with Crippen molar-refractivity contribution in [1.29, 1.82) is 0 Å². The Balaban J connectivity index is 1.61. The number of pyridine rings is 1. The topological polar surface area (TPSA) is 83.4 Å². The molecule has 1 aliphatic heterocycles. The lowest BCUT2D eigenvalue weighted by Gasteiger charge is -2.22. The van der Waals surface area contributed by atoms with Crippen molar-refractivity contribution in [3.05, 3.63) is 108 Å². The molecule has 0 spiro atoms. The number of anilines is 1. The molecule has 0 bridgehead atoms. The van der Waals surface area contributed by atoms with Gasteiger partial charge >= 0.3 is 5.91 Å². The molecule has 6 rings (SSSR count). The number of hydrogen-bond acceptors (Lipinski definition) is 6. The van der Waals surface area contributed by atoms with Crippen molar-refractivity contribution < 1.29 is 14.7 Å². The highest BCUT2D eigenvalue weighted by Gasteiger charge is 2.48. The van der Waals surface area contributed by atoms with Crippen molar-refractivity contribution in [2.24, 2.45) is 0 Å². The average Bonchev–Trinajstić information content (AvgIpc) is 3.42. The lowest BCUT2D eigenvalue weighted by atomic mass is 9.94. The standard InChI is InChI=1S/C27H17N3O3S/c31-24(19-11-5-8-16-7-1-2-10-18(16)19)22-23(17-9-6-14-28-15-17)30(26(33)25(22)32)27-29-20-12-3-4-13-21(20)34-27/h1-15,23,31H/b24-22+. The molecule has 1 N–H and O–H groups in total. The summed E-state index contributed by atoms with van der Waals surface area (Å²) in [5.41, 5.74) is 1.87. The Morgan fingerprint density at radius 2 is 1.71 bits per heavy atom. The third-order valence-corrected chi connectivity index (χ3v) is 7.01. The molecule has 1 atom stereocenters. The summed E-state index contributed by atoms with van der Waals surface area (Å²) in [4.78, 5) is 36.9. The van der Waals surface area contributed by atoms with Gasteiger partial charge in [0.15, 0.2) is 5.13 Å². The first-order chi connectivity index (χ1) is 16.6. The van der Waals surface area contributed by atoms with Crippen LogP contribution in [0.1, 0.15) is 17.2 Å². The zero-order valence-corrected chi connectivity index (χ0v) is 18.6. The zero-order chi connectivity index (χ0) is 23.2. The molecule has 1 amide bonds. The van der Waals surface area contributed by atoms with Crippen LogP contribution in [0.15, 0.2) is 96.8 Å². The Hall–Kier alpha value is -4.36. The summed E-state index contributed by atoms with van der Waals surface area (Å²) < 4.78 is 0.901. The number of para-hydroxylation sites is 1. The van der Waals surface area contributed by atoms with Crippen LogP contribution in [0, 0.1) is 0 Å². The van der Waals surface area contributed by atoms with Crippen LogP contribution in [0.4, 0.5) is 5.13 Å². The maximum atomic E-state index is 13.4. The van der Waals surface area contributed by atoms with Crippen molar-refractivity contribution in [1.82, 2.24) is 9.97 Å². The minimum Gasteiger partial charge on any atom is -0.507 e. The molecule has 5 aromatic rings. The number of aliphatic hydroxyl groups is 1. The van der Waals surface area contributed by atoms with E-state index in [1.165, 1.54) is 16.2 Å². The average molecular weight is 464 g/mol. The van der Waals surface area contributed by atoms with Gasteiger partial charge in [-0.3, -0.25) is 19.5 Å². The third kappa shape index (κ3) is 3.09. The van der Waals surface area contributed by atoms with E-state index in [0.29, 0.717) is 16.3 Å². The molecule has 0 radical (unpaired) electrons. The first-order valence-corrected chi connectivity index (χ1v) is 11.5. The van der Waals surface area contributed by atoms with Crippen LogP contribution in [-0.2, 0) is 9.59 Å². The molecule has 2 aromatic heterocycles. The highest BCUT2D eigenvalue weighted by Crippen LogP contribution is 2.44. The van der Waals surface area contributed by atoms with E-state index in [-0.39, 0.29) is 11.3 Å². The van der Waals surface area contributed by atoms with Crippen LogP contribution in [0.2, 0.25) is 0 Å². The molecular weight excluding hydrogens is 446 g/mol. The summed E-state index contributed by atoms with van der Waals surface area (Å²) in [7, 11) is 0. The Kier molecular flexibility index (Phi) is 4.71. The first kappa shape index (κ1) is 20.3. The van der Waals surface area contributed by atoms with Crippen LogP contribution < -0.4 is 4.90 Å². The number of Topliss-reactive ketones (excluding diaryl/α,β-unsaturated/α-hetero) is 1. The van der Waals surface area contributed by atoms with Gasteiger partial charge in [0.2, 0.25) is 0 Å². The number of fused-ring (bicyclic) bond motifs is 2. The maximum absolute atomic E-state index is 13.4. The molecule has 1 fully saturated rings. The highest BCUT2D eigenvalue weighted by atomic mass is 32.1. The fourth-order valence-electron chi connectivity index (χ4n) is 4.42. The number of thiazole rings is 1. The van der Waals surface area contributed by atoms with E-state index in [1.807, 2.05) is 60.7 Å². The summed E-state index contributed by atoms with van der Waals surface area (Å²) >= 11 is 1.33. The maximum Gasteiger partial charge on any atom is 0.301 e. The number of aromatic nitrogens is 2. The number of benzene rings is 3. The van der Waals surface area contributed by atoms with Gasteiger partial charge in [0, 0.05) is 18.0 Å². The summed E-state index contributed by atoms with van der Waals surface area (Å²) in [5, 5.41) is 13.6. The minimum atomic E-state index is -0.853. The number of carbonyl (C=O) groups is 2. The third-order valence-electron chi connectivity index (χ3n) is 5.98. The molecular formula is C27H17N3O3S. The van der Waals surface area contributed by atoms with Gasteiger partial charge < -0.3 is 5.11 Å². The molecule has 0 saturated carbocycles. The lowest BCUT2D eigenvalue weighted by molar-refractivity contribution is -0.132. The molecule has 1 saturated heterocycles. The fourth-order valence-corrected chi connectivity index (χ4v) is 5.42. The van der Waals surface area contributed by atoms with Gasteiger partial charge in [0.25, 0.3) is 5.78 Å². The summed E-state index contributed by atoms with van der Waals surface area (Å²) in [6, 6.07) is 23.3. The molecule has 0 aliphatic carbocycles. The number of rotatable bonds is 3. The predicted octanol–water partition coefficient (Wildman–Crippen LogP) is 5.47. The van der Waals surface area contributed by atoms with E-state index >= 15 is 0 Å². The molecule has 7 heteroatoms. The van der Waals surface area contributed by atoms with Crippen LogP contribution in [0.3, 0.4) is 0 Å². The Bertz CT molecular complexity index is 1590. The molecule has 6 nitrogen and oxygen atoms in total. The minimum absolute atomic E-state index is 0.0219. The van der Waals surface area contributed by atoms with E-state index in [1.54, 1.807) is 30.6 Å². The fraction of sp³-hybridized carbons (Fsp3) is 0.0370. The van der Waals surface area contributed by atoms with Crippen molar-refractivity contribution >= 4 is 54.9 Å². The van der Waals surface area contributed by atoms with Crippen LogP contribution in [0.25, 0.3) is 26.7 Å². The molecule has 34 heavy (non-hydrogen) atoms. The van der Waals surface area contributed by atoms with E-state index < -0.39 is 17.7 Å². The number of hydrogen-bond donors (Lipinski definition) is 1. The van der Waals surface area contributed by atoms with Gasteiger partial charge in [-0.05, 0) is 34.5 Å². The van der Waals surface area contributed by atoms with Gasteiger partial charge in [0.05, 0.1) is 21.8 Å². The second kappa shape index (κ2) is 7.90. The second-order valence-corrected chi connectivity index (χ2v) is 8.96. The molecule has 1 aliphatic rings. The Morgan fingerprint density at radius 1 is 0.912 bits per heavy atom. The Labute approximate surface area is 198 Å². The number of nitrogens with zero attached hydrogens (tertiary/aromatic N) is 3. The summed E-state index contributed by atoms with van der Waals surface area (Å²) in [6.07, 6.45) is 3.23. The quantitative estimate of drug-likeness (QED) is 0.218. The monoisotopic (exact) mass is 463 g/mol. The SMILES string of the molecule is O=C1C(=O)N(c2nc3ccccc3s2)C(c2cccnc2)/C1=C(\O)c1cccc2ccccc12. The smallest absolute Gasteiger partial charge is 0.301 e. The van der Waals surface area contributed by atoms with E-state index in [4.69, 9.17) is 0 Å². The van der Waals surface area contributed by atoms with Gasteiger partial charge in [-0.1, -0.05) is 72.0 Å². The van der Waals surface area contributed by atoms with Gasteiger partial charge in [0.1, 0.15) is 5.76 Å². The molecule has 1 unspecified atom stereocenters.